The van der Waals surface area contributed by atoms with Gasteiger partial charge in [-0.3, -0.25) is 9.69 Å². The molecule has 19 heavy (non-hydrogen) atoms. The summed E-state index contributed by atoms with van der Waals surface area (Å²) in [7, 11) is 0. The molecule has 0 bridgehead atoms. The van der Waals surface area contributed by atoms with Crippen molar-refractivity contribution in [3.8, 4) is 0 Å². The number of thiazole rings is 1. The molecule has 4 nitrogen and oxygen atoms in total. The molecular formula is C14H22N2O2S. The zero-order valence-electron chi connectivity index (χ0n) is 11.7. The number of aromatic nitrogens is 1. The SMILES string of the molecule is C=CCN(CC(=O)OCC)Cc1csc(CCC)n1. The molecule has 0 N–H and O–H groups in total. The molecule has 0 spiro atoms. The van der Waals surface area contributed by atoms with Gasteiger partial charge in [0.1, 0.15) is 0 Å². The second kappa shape index (κ2) is 8.82. The Hall–Kier alpha value is -1.20. The molecule has 0 saturated heterocycles. The fourth-order valence-corrected chi connectivity index (χ4v) is 2.63. The summed E-state index contributed by atoms with van der Waals surface area (Å²) in [6.45, 7) is 9.68. The van der Waals surface area contributed by atoms with E-state index < -0.39 is 0 Å². The van der Waals surface area contributed by atoms with Crippen molar-refractivity contribution in [1.82, 2.24) is 9.88 Å². The Morgan fingerprint density at radius 1 is 1.58 bits per heavy atom. The first-order valence-electron chi connectivity index (χ1n) is 6.61. The second-order valence-corrected chi connectivity index (χ2v) is 5.19. The van der Waals surface area contributed by atoms with Crippen LogP contribution in [0.25, 0.3) is 0 Å². The summed E-state index contributed by atoms with van der Waals surface area (Å²) in [5, 5.41) is 3.22. The number of hydrogen-bond acceptors (Lipinski definition) is 5. The molecular weight excluding hydrogens is 260 g/mol. The highest BCUT2D eigenvalue weighted by atomic mass is 32.1. The van der Waals surface area contributed by atoms with Crippen LogP contribution in [-0.4, -0.2) is 35.5 Å². The second-order valence-electron chi connectivity index (χ2n) is 4.25. The third-order valence-corrected chi connectivity index (χ3v) is 3.45. The molecule has 0 aliphatic rings. The molecule has 0 saturated carbocycles. The fourth-order valence-electron chi connectivity index (χ4n) is 1.74. The van der Waals surface area contributed by atoms with Gasteiger partial charge in [0.05, 0.1) is 23.9 Å². The van der Waals surface area contributed by atoms with Crippen LogP contribution in [0.5, 0.6) is 0 Å². The van der Waals surface area contributed by atoms with Crippen molar-refractivity contribution in [1.29, 1.82) is 0 Å². The average molecular weight is 282 g/mol. The van der Waals surface area contributed by atoms with E-state index in [0.717, 1.165) is 23.5 Å². The van der Waals surface area contributed by atoms with E-state index in [2.05, 4.69) is 23.9 Å². The molecule has 1 aromatic heterocycles. The smallest absolute Gasteiger partial charge is 0.320 e. The highest BCUT2D eigenvalue weighted by Crippen LogP contribution is 2.13. The van der Waals surface area contributed by atoms with E-state index in [0.29, 0.717) is 19.7 Å². The summed E-state index contributed by atoms with van der Waals surface area (Å²) < 4.78 is 4.97. The number of ether oxygens (including phenoxy) is 1. The van der Waals surface area contributed by atoms with E-state index in [1.165, 1.54) is 0 Å². The van der Waals surface area contributed by atoms with Gasteiger partial charge in [-0.05, 0) is 19.8 Å². The molecule has 1 heterocycles. The van der Waals surface area contributed by atoms with Gasteiger partial charge >= 0.3 is 5.97 Å². The fraction of sp³-hybridized carbons (Fsp3) is 0.571. The summed E-state index contributed by atoms with van der Waals surface area (Å²) >= 11 is 1.68. The minimum absolute atomic E-state index is 0.201. The number of rotatable bonds is 9. The van der Waals surface area contributed by atoms with E-state index in [1.54, 1.807) is 17.4 Å². The van der Waals surface area contributed by atoms with Crippen molar-refractivity contribution in [2.75, 3.05) is 19.7 Å². The topological polar surface area (TPSA) is 42.4 Å². The molecule has 0 aliphatic heterocycles. The van der Waals surface area contributed by atoms with E-state index in [1.807, 2.05) is 11.8 Å². The lowest BCUT2D eigenvalue weighted by atomic mass is 10.3. The van der Waals surface area contributed by atoms with Crippen LogP contribution in [0.4, 0.5) is 0 Å². The Bertz CT molecular complexity index is 404. The number of hydrogen-bond donors (Lipinski definition) is 0. The van der Waals surface area contributed by atoms with E-state index >= 15 is 0 Å². The molecule has 0 fully saturated rings. The van der Waals surface area contributed by atoms with Gasteiger partial charge in [-0.15, -0.1) is 17.9 Å². The maximum Gasteiger partial charge on any atom is 0.320 e. The average Bonchev–Trinajstić information content (AvgIpc) is 2.77. The maximum atomic E-state index is 11.5. The van der Waals surface area contributed by atoms with Gasteiger partial charge < -0.3 is 4.74 Å². The quantitative estimate of drug-likeness (QED) is 0.516. The Kier molecular flexibility index (Phi) is 7.36. The highest BCUT2D eigenvalue weighted by molar-refractivity contribution is 7.09. The van der Waals surface area contributed by atoms with Crippen molar-refractivity contribution >= 4 is 17.3 Å². The highest BCUT2D eigenvalue weighted by Gasteiger charge is 2.12. The molecule has 0 amide bonds. The summed E-state index contributed by atoms with van der Waals surface area (Å²) in [4.78, 5) is 18.1. The van der Waals surface area contributed by atoms with Crippen molar-refractivity contribution in [3.63, 3.8) is 0 Å². The Morgan fingerprint density at radius 3 is 3.00 bits per heavy atom. The first kappa shape index (κ1) is 15.9. The van der Waals surface area contributed by atoms with E-state index in [4.69, 9.17) is 4.74 Å². The molecule has 0 aromatic carbocycles. The van der Waals surface area contributed by atoms with Crippen molar-refractivity contribution in [2.45, 2.75) is 33.2 Å². The minimum Gasteiger partial charge on any atom is -0.465 e. The van der Waals surface area contributed by atoms with Gasteiger partial charge in [-0.25, -0.2) is 4.98 Å². The van der Waals surface area contributed by atoms with Gasteiger partial charge in [-0.1, -0.05) is 13.0 Å². The predicted molar refractivity (Wildman–Crippen MR) is 78.2 cm³/mol. The lowest BCUT2D eigenvalue weighted by molar-refractivity contribution is -0.144. The Morgan fingerprint density at radius 2 is 2.37 bits per heavy atom. The van der Waals surface area contributed by atoms with Crippen LogP contribution in [0.3, 0.4) is 0 Å². The largest absolute Gasteiger partial charge is 0.465 e. The van der Waals surface area contributed by atoms with E-state index in [-0.39, 0.29) is 12.5 Å². The van der Waals surface area contributed by atoms with Crippen LogP contribution in [0, 0.1) is 0 Å². The normalized spacial score (nSPS) is 10.7. The lowest BCUT2D eigenvalue weighted by Gasteiger charge is -2.18. The third kappa shape index (κ3) is 5.98. The van der Waals surface area contributed by atoms with Gasteiger partial charge in [0.25, 0.3) is 0 Å². The number of carbonyl (C=O) groups excluding carboxylic acids is 1. The number of aryl methyl sites for hydroxylation is 1. The molecule has 0 atom stereocenters. The van der Waals surface area contributed by atoms with Crippen molar-refractivity contribution in [3.05, 3.63) is 28.7 Å². The molecule has 5 heteroatoms. The third-order valence-electron chi connectivity index (χ3n) is 2.49. The summed E-state index contributed by atoms with van der Waals surface area (Å²) in [6.07, 6.45) is 3.91. The molecule has 106 valence electrons. The van der Waals surface area contributed by atoms with Crippen molar-refractivity contribution < 1.29 is 9.53 Å². The number of nitrogens with zero attached hydrogens (tertiary/aromatic N) is 2. The summed E-state index contributed by atoms with van der Waals surface area (Å²) in [5.74, 6) is -0.201. The predicted octanol–water partition coefficient (Wildman–Crippen LogP) is 2.65. The molecule has 1 rings (SSSR count). The summed E-state index contributed by atoms with van der Waals surface area (Å²) in [6, 6.07) is 0. The first-order chi connectivity index (χ1) is 9.19. The lowest BCUT2D eigenvalue weighted by Crippen LogP contribution is -2.31. The zero-order chi connectivity index (χ0) is 14.1. The molecule has 0 aliphatic carbocycles. The molecule has 0 radical (unpaired) electrons. The Labute approximate surface area is 119 Å². The van der Waals surface area contributed by atoms with Gasteiger partial charge in [0.2, 0.25) is 0 Å². The molecule has 1 aromatic rings. The van der Waals surface area contributed by atoms with Gasteiger partial charge in [0, 0.05) is 18.5 Å². The molecule has 0 unspecified atom stereocenters. The van der Waals surface area contributed by atoms with Crippen LogP contribution >= 0.6 is 11.3 Å². The monoisotopic (exact) mass is 282 g/mol. The van der Waals surface area contributed by atoms with Crippen LogP contribution in [0.1, 0.15) is 31.0 Å². The van der Waals surface area contributed by atoms with E-state index in [9.17, 15) is 4.79 Å². The first-order valence-corrected chi connectivity index (χ1v) is 7.49. The van der Waals surface area contributed by atoms with Crippen LogP contribution in [-0.2, 0) is 22.5 Å². The summed E-state index contributed by atoms with van der Waals surface area (Å²) in [5.41, 5.74) is 1.01. The van der Waals surface area contributed by atoms with Crippen LogP contribution in [0.15, 0.2) is 18.0 Å². The zero-order valence-corrected chi connectivity index (χ0v) is 12.5. The van der Waals surface area contributed by atoms with Gasteiger partial charge in [0.15, 0.2) is 0 Å². The maximum absolute atomic E-state index is 11.5. The van der Waals surface area contributed by atoms with Crippen molar-refractivity contribution in [2.24, 2.45) is 0 Å². The standard InChI is InChI=1S/C14H22N2O2S/c1-4-7-13-15-12(11-19-13)9-16(8-5-2)10-14(17)18-6-3/h5,11H,2,4,6-10H2,1,3H3. The van der Waals surface area contributed by atoms with Crippen LogP contribution < -0.4 is 0 Å². The van der Waals surface area contributed by atoms with Crippen LogP contribution in [0.2, 0.25) is 0 Å². The Balaban J connectivity index is 2.55. The number of esters is 1. The van der Waals surface area contributed by atoms with Gasteiger partial charge in [-0.2, -0.15) is 0 Å². The number of carbonyl (C=O) groups is 1. The minimum atomic E-state index is -0.201.